The number of rotatable bonds is 2. The van der Waals surface area contributed by atoms with Crippen LogP contribution in [0.15, 0.2) is 12.1 Å². The molecule has 0 unspecified atom stereocenters. The van der Waals surface area contributed by atoms with Crippen molar-refractivity contribution < 1.29 is 23.1 Å². The molecular formula is C13H13F3O2. The molecule has 0 bridgehead atoms. The van der Waals surface area contributed by atoms with Gasteiger partial charge in [-0.1, -0.05) is 6.07 Å². The molecule has 0 heterocycles. The van der Waals surface area contributed by atoms with Crippen LogP contribution in [0.1, 0.15) is 37.2 Å². The Morgan fingerprint density at radius 3 is 2.22 bits per heavy atom. The fraction of sp³-hybridized carbons (Fsp3) is 0.462. The summed E-state index contributed by atoms with van der Waals surface area (Å²) >= 11 is 0. The predicted molar refractivity (Wildman–Crippen MR) is 58.7 cm³/mol. The summed E-state index contributed by atoms with van der Waals surface area (Å²) in [5.41, 5.74) is 0.151. The van der Waals surface area contributed by atoms with Gasteiger partial charge in [-0.2, -0.15) is 0 Å². The zero-order valence-corrected chi connectivity index (χ0v) is 9.63. The van der Waals surface area contributed by atoms with Crippen molar-refractivity contribution in [3.05, 3.63) is 35.1 Å². The van der Waals surface area contributed by atoms with Crippen molar-refractivity contribution in [2.24, 2.45) is 5.92 Å². The summed E-state index contributed by atoms with van der Waals surface area (Å²) in [6.45, 7) is 0. The lowest BCUT2D eigenvalue weighted by Crippen LogP contribution is -2.21. The van der Waals surface area contributed by atoms with E-state index < -0.39 is 29.3 Å². The van der Waals surface area contributed by atoms with Gasteiger partial charge >= 0.3 is 5.97 Å². The standard InChI is InChI=1S/C13H13F3O2/c14-10-6-5-9(11(15)12(10)16)7-1-3-8(4-2-7)13(17)18/h5-8H,1-4H2,(H,17,18). The highest BCUT2D eigenvalue weighted by Crippen LogP contribution is 2.37. The largest absolute Gasteiger partial charge is 0.481 e. The average molecular weight is 258 g/mol. The van der Waals surface area contributed by atoms with Gasteiger partial charge in [-0.05, 0) is 43.2 Å². The van der Waals surface area contributed by atoms with E-state index in [4.69, 9.17) is 5.11 Å². The molecule has 98 valence electrons. The molecule has 0 aromatic heterocycles. The number of carboxylic acid groups (broad SMARTS) is 1. The number of hydrogen-bond acceptors (Lipinski definition) is 1. The molecule has 5 heteroatoms. The third-order valence-corrected chi connectivity index (χ3v) is 3.58. The van der Waals surface area contributed by atoms with Crippen molar-refractivity contribution in [3.63, 3.8) is 0 Å². The Bertz CT molecular complexity index is 466. The smallest absolute Gasteiger partial charge is 0.306 e. The third-order valence-electron chi connectivity index (χ3n) is 3.58. The van der Waals surface area contributed by atoms with E-state index in [0.29, 0.717) is 25.7 Å². The molecular weight excluding hydrogens is 245 g/mol. The summed E-state index contributed by atoms with van der Waals surface area (Å²) in [5.74, 6) is -5.28. The highest BCUT2D eigenvalue weighted by Gasteiger charge is 2.29. The second-order valence-electron chi connectivity index (χ2n) is 4.65. The first-order valence-electron chi connectivity index (χ1n) is 5.87. The van der Waals surface area contributed by atoms with E-state index in [1.54, 1.807) is 0 Å². The molecule has 1 saturated carbocycles. The van der Waals surface area contributed by atoms with Gasteiger partial charge in [-0.25, -0.2) is 13.2 Å². The minimum absolute atomic E-state index is 0.151. The molecule has 0 aliphatic heterocycles. The Hall–Kier alpha value is -1.52. The summed E-state index contributed by atoms with van der Waals surface area (Å²) in [7, 11) is 0. The van der Waals surface area contributed by atoms with E-state index >= 15 is 0 Å². The Morgan fingerprint density at radius 2 is 1.67 bits per heavy atom. The molecule has 0 amide bonds. The van der Waals surface area contributed by atoms with Crippen LogP contribution in [0.5, 0.6) is 0 Å². The SMILES string of the molecule is O=C(O)C1CCC(c2ccc(F)c(F)c2F)CC1. The summed E-state index contributed by atoms with van der Waals surface area (Å²) < 4.78 is 39.5. The normalized spacial score (nSPS) is 23.9. The fourth-order valence-corrected chi connectivity index (χ4v) is 2.51. The lowest BCUT2D eigenvalue weighted by atomic mass is 9.78. The van der Waals surface area contributed by atoms with E-state index in [0.717, 1.165) is 6.07 Å². The van der Waals surface area contributed by atoms with E-state index in [1.165, 1.54) is 6.07 Å². The number of carboxylic acids is 1. The number of hydrogen-bond donors (Lipinski definition) is 1. The molecule has 1 aromatic carbocycles. The van der Waals surface area contributed by atoms with Gasteiger partial charge in [0.25, 0.3) is 0 Å². The summed E-state index contributed by atoms with van der Waals surface area (Å²) in [5, 5.41) is 8.85. The molecule has 0 atom stereocenters. The second kappa shape index (κ2) is 5.00. The highest BCUT2D eigenvalue weighted by atomic mass is 19.2. The number of carbonyl (C=O) groups is 1. The Labute approximate surface area is 102 Å². The maximum atomic E-state index is 13.6. The molecule has 18 heavy (non-hydrogen) atoms. The molecule has 1 N–H and O–H groups in total. The van der Waals surface area contributed by atoms with Gasteiger partial charge in [0.1, 0.15) is 0 Å². The van der Waals surface area contributed by atoms with E-state index in [-0.39, 0.29) is 11.5 Å². The topological polar surface area (TPSA) is 37.3 Å². The summed E-state index contributed by atoms with van der Waals surface area (Å²) in [6.07, 6.45) is 1.86. The van der Waals surface area contributed by atoms with Gasteiger partial charge in [-0.3, -0.25) is 4.79 Å². The first-order valence-corrected chi connectivity index (χ1v) is 5.87. The maximum Gasteiger partial charge on any atom is 0.306 e. The van der Waals surface area contributed by atoms with Crippen LogP contribution >= 0.6 is 0 Å². The quantitative estimate of drug-likeness (QED) is 0.825. The van der Waals surface area contributed by atoms with Crippen molar-refractivity contribution in [2.45, 2.75) is 31.6 Å². The number of halogens is 3. The number of benzene rings is 1. The van der Waals surface area contributed by atoms with Crippen LogP contribution in [0.2, 0.25) is 0 Å². The van der Waals surface area contributed by atoms with Crippen LogP contribution in [0.25, 0.3) is 0 Å². The zero-order chi connectivity index (χ0) is 13.3. The molecule has 1 aliphatic carbocycles. The molecule has 1 aliphatic rings. The first kappa shape index (κ1) is 12.9. The fourth-order valence-electron chi connectivity index (χ4n) is 2.51. The van der Waals surface area contributed by atoms with Gasteiger partial charge in [0.05, 0.1) is 5.92 Å². The van der Waals surface area contributed by atoms with Crippen LogP contribution in [-0.4, -0.2) is 11.1 Å². The summed E-state index contributed by atoms with van der Waals surface area (Å²) in [6, 6.07) is 2.16. The van der Waals surface area contributed by atoms with E-state index in [2.05, 4.69) is 0 Å². The monoisotopic (exact) mass is 258 g/mol. The van der Waals surface area contributed by atoms with Crippen LogP contribution in [0.3, 0.4) is 0 Å². The van der Waals surface area contributed by atoms with Crippen molar-refractivity contribution in [1.29, 1.82) is 0 Å². The lowest BCUT2D eigenvalue weighted by Gasteiger charge is -2.26. The van der Waals surface area contributed by atoms with Gasteiger partial charge < -0.3 is 5.11 Å². The molecule has 0 radical (unpaired) electrons. The Balaban J connectivity index is 2.15. The third kappa shape index (κ3) is 2.35. The Morgan fingerprint density at radius 1 is 1.06 bits per heavy atom. The molecule has 1 aromatic rings. The van der Waals surface area contributed by atoms with Gasteiger partial charge in [0, 0.05) is 0 Å². The highest BCUT2D eigenvalue weighted by molar-refractivity contribution is 5.70. The summed E-state index contributed by atoms with van der Waals surface area (Å²) in [4.78, 5) is 10.8. The van der Waals surface area contributed by atoms with Crippen LogP contribution in [-0.2, 0) is 4.79 Å². The van der Waals surface area contributed by atoms with E-state index in [1.807, 2.05) is 0 Å². The van der Waals surface area contributed by atoms with Crippen LogP contribution in [0, 0.1) is 23.4 Å². The van der Waals surface area contributed by atoms with Crippen molar-refractivity contribution in [3.8, 4) is 0 Å². The zero-order valence-electron chi connectivity index (χ0n) is 9.63. The van der Waals surface area contributed by atoms with E-state index in [9.17, 15) is 18.0 Å². The lowest BCUT2D eigenvalue weighted by molar-refractivity contribution is -0.142. The molecule has 1 fully saturated rings. The number of aliphatic carboxylic acids is 1. The Kier molecular flexibility index (Phi) is 3.59. The van der Waals surface area contributed by atoms with Crippen molar-refractivity contribution >= 4 is 5.97 Å². The second-order valence-corrected chi connectivity index (χ2v) is 4.65. The predicted octanol–water partition coefficient (Wildman–Crippen LogP) is 3.46. The maximum absolute atomic E-state index is 13.6. The van der Waals surface area contributed by atoms with Crippen molar-refractivity contribution in [2.75, 3.05) is 0 Å². The van der Waals surface area contributed by atoms with Crippen LogP contribution < -0.4 is 0 Å². The van der Waals surface area contributed by atoms with Gasteiger partial charge in [-0.15, -0.1) is 0 Å². The molecule has 0 saturated heterocycles. The minimum atomic E-state index is -1.45. The van der Waals surface area contributed by atoms with Gasteiger partial charge in [0.2, 0.25) is 0 Å². The first-order chi connectivity index (χ1) is 8.50. The minimum Gasteiger partial charge on any atom is -0.481 e. The van der Waals surface area contributed by atoms with Crippen LogP contribution in [0.4, 0.5) is 13.2 Å². The molecule has 2 rings (SSSR count). The van der Waals surface area contributed by atoms with Gasteiger partial charge in [0.15, 0.2) is 17.5 Å². The van der Waals surface area contributed by atoms with Crippen molar-refractivity contribution in [1.82, 2.24) is 0 Å². The molecule has 0 spiro atoms. The molecule has 2 nitrogen and oxygen atoms in total. The average Bonchev–Trinajstić information content (AvgIpc) is 2.36.